The second-order valence-corrected chi connectivity index (χ2v) is 7.41. The molecule has 0 rings (SSSR count). The van der Waals surface area contributed by atoms with Crippen molar-refractivity contribution in [3.05, 3.63) is 36.5 Å². The number of allylic oxidation sites excluding steroid dienone is 6. The predicted molar refractivity (Wildman–Crippen MR) is 121 cm³/mol. The van der Waals surface area contributed by atoms with Crippen LogP contribution in [-0.2, 0) is 14.3 Å². The van der Waals surface area contributed by atoms with E-state index in [1.54, 1.807) is 0 Å². The van der Waals surface area contributed by atoms with E-state index in [0.717, 1.165) is 51.4 Å². The summed E-state index contributed by atoms with van der Waals surface area (Å²) in [5.74, 6) is -0.942. The fourth-order valence-corrected chi connectivity index (χ4v) is 2.96. The highest BCUT2D eigenvalue weighted by atomic mass is 16.5. The number of esters is 1. The van der Waals surface area contributed by atoms with E-state index in [1.165, 1.54) is 12.8 Å². The Bertz CT molecular complexity index is 491. The van der Waals surface area contributed by atoms with Gasteiger partial charge in [0.2, 0.25) is 0 Å². The van der Waals surface area contributed by atoms with Crippen LogP contribution in [0.1, 0.15) is 104 Å². The van der Waals surface area contributed by atoms with Crippen molar-refractivity contribution < 1.29 is 19.4 Å². The van der Waals surface area contributed by atoms with Crippen molar-refractivity contribution >= 4 is 11.9 Å². The fraction of sp³-hybridized carbons (Fsp3) is 0.680. The van der Waals surface area contributed by atoms with E-state index >= 15 is 0 Å². The smallest absolute Gasteiger partial charge is 0.306 e. The van der Waals surface area contributed by atoms with E-state index < -0.39 is 5.97 Å². The van der Waals surface area contributed by atoms with Gasteiger partial charge in [0.25, 0.3) is 0 Å². The van der Waals surface area contributed by atoms with Crippen molar-refractivity contribution in [3.63, 3.8) is 0 Å². The summed E-state index contributed by atoms with van der Waals surface area (Å²) in [6.07, 6.45) is 25.4. The van der Waals surface area contributed by atoms with Gasteiger partial charge in [0.1, 0.15) is 6.10 Å². The number of rotatable bonds is 19. The predicted octanol–water partition coefficient (Wildman–Crippen LogP) is 7.15. The molecule has 1 atom stereocenters. The van der Waals surface area contributed by atoms with Gasteiger partial charge in [-0.05, 0) is 57.8 Å². The minimum absolute atomic E-state index is 0.135. The van der Waals surface area contributed by atoms with E-state index in [9.17, 15) is 9.59 Å². The van der Waals surface area contributed by atoms with Crippen LogP contribution in [0.4, 0.5) is 0 Å². The van der Waals surface area contributed by atoms with Crippen molar-refractivity contribution in [2.75, 3.05) is 0 Å². The molecule has 0 amide bonds. The molecule has 0 aromatic heterocycles. The zero-order valence-electron chi connectivity index (χ0n) is 18.6. The molecule has 4 nitrogen and oxygen atoms in total. The molecule has 0 heterocycles. The normalized spacial score (nSPS) is 12.9. The fourth-order valence-electron chi connectivity index (χ4n) is 2.96. The van der Waals surface area contributed by atoms with Crippen LogP contribution >= 0.6 is 0 Å². The first-order valence-electron chi connectivity index (χ1n) is 11.5. The van der Waals surface area contributed by atoms with Crippen LogP contribution in [0, 0.1) is 0 Å². The van der Waals surface area contributed by atoms with E-state index in [4.69, 9.17) is 9.84 Å². The highest BCUT2D eigenvalue weighted by molar-refractivity contribution is 5.69. The molecule has 1 N–H and O–H groups in total. The first kappa shape index (κ1) is 27.2. The van der Waals surface area contributed by atoms with Crippen LogP contribution in [0.25, 0.3) is 0 Å². The van der Waals surface area contributed by atoms with E-state index in [1.807, 2.05) is 6.92 Å². The first-order chi connectivity index (χ1) is 14.1. The summed E-state index contributed by atoms with van der Waals surface area (Å²) in [6.45, 7) is 4.11. The standard InChI is InChI=1S/C25H42O4/c1-3-5-6-7-8-9-10-11-12-13-14-15-16-17-18-22-25(28)29-23(4-2)20-19-21-24(26)27/h5-6,8-9,11-12,23H,3-4,7,10,13-22H2,1-2H3,(H,26,27)/b6-5-,9-8-,12-11-. The zero-order chi connectivity index (χ0) is 21.6. The quantitative estimate of drug-likeness (QED) is 0.140. The number of hydrogen-bond acceptors (Lipinski definition) is 3. The van der Waals surface area contributed by atoms with Crippen LogP contribution in [0.15, 0.2) is 36.5 Å². The molecule has 0 aliphatic rings. The molecule has 0 fully saturated rings. The highest BCUT2D eigenvalue weighted by Crippen LogP contribution is 2.12. The molecular weight excluding hydrogens is 364 g/mol. The lowest BCUT2D eigenvalue weighted by molar-refractivity contribution is -0.149. The summed E-state index contributed by atoms with van der Waals surface area (Å²) in [7, 11) is 0. The SMILES string of the molecule is CC/C=C\C/C=C\C/C=C\CCCCCCCC(=O)OC(CC)CCCC(=O)O. The Hall–Kier alpha value is -1.84. The minimum atomic E-state index is -0.797. The molecule has 4 heteroatoms. The Kier molecular flexibility index (Phi) is 19.6. The Morgan fingerprint density at radius 3 is 2.07 bits per heavy atom. The minimum Gasteiger partial charge on any atom is -0.481 e. The third-order valence-electron chi connectivity index (χ3n) is 4.70. The summed E-state index contributed by atoms with van der Waals surface area (Å²) in [6, 6.07) is 0. The number of ether oxygens (including phenoxy) is 1. The average molecular weight is 407 g/mol. The number of unbranched alkanes of at least 4 members (excludes halogenated alkanes) is 5. The summed E-state index contributed by atoms with van der Waals surface area (Å²) in [4.78, 5) is 22.4. The lowest BCUT2D eigenvalue weighted by atomic mass is 10.1. The summed E-state index contributed by atoms with van der Waals surface area (Å²) in [5.41, 5.74) is 0. The summed E-state index contributed by atoms with van der Waals surface area (Å²) in [5, 5.41) is 8.67. The van der Waals surface area contributed by atoms with Crippen molar-refractivity contribution in [3.8, 4) is 0 Å². The van der Waals surface area contributed by atoms with Gasteiger partial charge in [0.15, 0.2) is 0 Å². The number of carbonyl (C=O) groups excluding carboxylic acids is 1. The number of carboxylic acids is 1. The zero-order valence-corrected chi connectivity index (χ0v) is 18.6. The van der Waals surface area contributed by atoms with Gasteiger partial charge >= 0.3 is 11.9 Å². The largest absolute Gasteiger partial charge is 0.481 e. The second-order valence-electron chi connectivity index (χ2n) is 7.41. The molecule has 0 aliphatic heterocycles. The van der Waals surface area contributed by atoms with E-state index in [0.29, 0.717) is 19.3 Å². The van der Waals surface area contributed by atoms with Crippen LogP contribution in [0.5, 0.6) is 0 Å². The molecule has 0 aromatic rings. The van der Waals surface area contributed by atoms with Gasteiger partial charge < -0.3 is 9.84 Å². The van der Waals surface area contributed by atoms with E-state index in [2.05, 4.69) is 43.4 Å². The second kappa shape index (κ2) is 20.9. The molecule has 0 aromatic carbocycles. The van der Waals surface area contributed by atoms with E-state index in [-0.39, 0.29) is 18.5 Å². The van der Waals surface area contributed by atoms with Crippen molar-refractivity contribution in [2.24, 2.45) is 0 Å². The van der Waals surface area contributed by atoms with Gasteiger partial charge in [-0.3, -0.25) is 9.59 Å². The number of aliphatic carboxylic acids is 1. The molecule has 0 saturated carbocycles. The molecule has 0 saturated heterocycles. The number of hydrogen-bond donors (Lipinski definition) is 1. The molecule has 29 heavy (non-hydrogen) atoms. The van der Waals surface area contributed by atoms with Crippen molar-refractivity contribution in [1.82, 2.24) is 0 Å². The van der Waals surface area contributed by atoms with Crippen LogP contribution in [0.2, 0.25) is 0 Å². The Morgan fingerprint density at radius 1 is 0.793 bits per heavy atom. The summed E-state index contributed by atoms with van der Waals surface area (Å²) >= 11 is 0. The van der Waals surface area contributed by atoms with Crippen molar-refractivity contribution in [2.45, 2.75) is 110 Å². The Morgan fingerprint density at radius 2 is 1.41 bits per heavy atom. The van der Waals surface area contributed by atoms with Gasteiger partial charge in [-0.15, -0.1) is 0 Å². The van der Waals surface area contributed by atoms with Gasteiger partial charge in [-0.1, -0.05) is 69.6 Å². The lowest BCUT2D eigenvalue weighted by Gasteiger charge is -2.15. The molecular formula is C25H42O4. The number of carbonyl (C=O) groups is 2. The van der Waals surface area contributed by atoms with Gasteiger partial charge in [-0.2, -0.15) is 0 Å². The third-order valence-corrected chi connectivity index (χ3v) is 4.70. The van der Waals surface area contributed by atoms with Crippen molar-refractivity contribution in [1.29, 1.82) is 0 Å². The van der Waals surface area contributed by atoms with Gasteiger partial charge in [0.05, 0.1) is 0 Å². The van der Waals surface area contributed by atoms with Gasteiger partial charge in [-0.25, -0.2) is 0 Å². The lowest BCUT2D eigenvalue weighted by Crippen LogP contribution is -2.17. The Labute approximate surface area is 178 Å². The third kappa shape index (κ3) is 20.7. The molecule has 1 unspecified atom stereocenters. The monoisotopic (exact) mass is 406 g/mol. The topological polar surface area (TPSA) is 63.6 Å². The molecule has 0 radical (unpaired) electrons. The maximum absolute atomic E-state index is 11.9. The molecule has 0 aliphatic carbocycles. The average Bonchev–Trinajstić information content (AvgIpc) is 2.69. The van der Waals surface area contributed by atoms with Crippen LogP contribution < -0.4 is 0 Å². The highest BCUT2D eigenvalue weighted by Gasteiger charge is 2.12. The maximum atomic E-state index is 11.9. The summed E-state index contributed by atoms with van der Waals surface area (Å²) < 4.78 is 5.45. The molecule has 0 bridgehead atoms. The Balaban J connectivity index is 3.54. The molecule has 0 spiro atoms. The number of carboxylic acid groups (broad SMARTS) is 1. The maximum Gasteiger partial charge on any atom is 0.306 e. The van der Waals surface area contributed by atoms with Gasteiger partial charge in [0, 0.05) is 12.8 Å². The first-order valence-corrected chi connectivity index (χ1v) is 11.5. The molecule has 166 valence electrons. The van der Waals surface area contributed by atoms with Crippen LogP contribution in [-0.4, -0.2) is 23.1 Å². The van der Waals surface area contributed by atoms with Crippen LogP contribution in [0.3, 0.4) is 0 Å².